The van der Waals surface area contributed by atoms with E-state index in [2.05, 4.69) is 4.90 Å². The fourth-order valence-corrected chi connectivity index (χ4v) is 4.48. The lowest BCUT2D eigenvalue weighted by Crippen LogP contribution is -2.48. The Morgan fingerprint density at radius 2 is 1.87 bits per heavy atom. The number of aliphatic hydroxyl groups is 1. The van der Waals surface area contributed by atoms with Crippen molar-refractivity contribution in [3.63, 3.8) is 0 Å². The van der Waals surface area contributed by atoms with E-state index in [1.165, 1.54) is 12.8 Å². The quantitative estimate of drug-likeness (QED) is 0.855. The summed E-state index contributed by atoms with van der Waals surface area (Å²) in [5.41, 5.74) is -0.618. The number of piperidine rings is 1. The lowest BCUT2D eigenvalue weighted by atomic mass is 9.76. The average Bonchev–Trinajstić information content (AvgIpc) is 3.24. The lowest BCUT2D eigenvalue weighted by molar-refractivity contribution is -0.142. The predicted octanol–water partition coefficient (Wildman–Crippen LogP) is 1.54. The Hall–Kier alpha value is -1.10. The second-order valence-electron chi connectivity index (χ2n) is 8.53. The van der Waals surface area contributed by atoms with E-state index in [-0.39, 0.29) is 17.7 Å². The highest BCUT2D eigenvalue weighted by Crippen LogP contribution is 2.43. The molecule has 5 nitrogen and oxygen atoms in total. The minimum Gasteiger partial charge on any atom is -0.389 e. The van der Waals surface area contributed by atoms with Crippen LogP contribution in [0.25, 0.3) is 0 Å². The maximum absolute atomic E-state index is 12.4. The number of hydrogen-bond donors (Lipinski definition) is 1. The molecule has 0 radical (unpaired) electrons. The Kier molecular flexibility index (Phi) is 3.67. The van der Waals surface area contributed by atoms with Gasteiger partial charge in [-0.05, 0) is 50.9 Å². The molecule has 2 saturated carbocycles. The molecule has 2 amide bonds. The molecular formula is C18H28N2O3. The minimum absolute atomic E-state index is 0.0983. The van der Waals surface area contributed by atoms with Gasteiger partial charge in [0.15, 0.2) is 0 Å². The van der Waals surface area contributed by atoms with Crippen molar-refractivity contribution in [2.75, 3.05) is 26.2 Å². The molecule has 1 N–H and O–H groups in total. The van der Waals surface area contributed by atoms with Crippen LogP contribution in [0, 0.1) is 11.3 Å². The largest absolute Gasteiger partial charge is 0.389 e. The molecule has 2 aliphatic heterocycles. The first-order valence-corrected chi connectivity index (χ1v) is 9.25. The van der Waals surface area contributed by atoms with Crippen molar-refractivity contribution in [1.82, 2.24) is 9.80 Å². The Morgan fingerprint density at radius 1 is 1.17 bits per heavy atom. The Bertz CT molecular complexity index is 502. The summed E-state index contributed by atoms with van der Waals surface area (Å²) in [6, 6.07) is 0. The molecule has 2 saturated heterocycles. The number of hydrogen-bond acceptors (Lipinski definition) is 3. The minimum atomic E-state index is -0.726. The molecule has 0 unspecified atom stereocenters. The smallest absolute Gasteiger partial charge is 0.225 e. The molecule has 0 bridgehead atoms. The van der Waals surface area contributed by atoms with Crippen LogP contribution >= 0.6 is 0 Å². The predicted molar refractivity (Wildman–Crippen MR) is 85.6 cm³/mol. The summed E-state index contributed by atoms with van der Waals surface area (Å²) in [5, 5.41) is 10.2. The summed E-state index contributed by atoms with van der Waals surface area (Å²) < 4.78 is 0. The molecule has 0 aromatic carbocycles. The van der Waals surface area contributed by atoms with E-state index in [9.17, 15) is 14.7 Å². The van der Waals surface area contributed by atoms with Gasteiger partial charge in [-0.3, -0.25) is 9.59 Å². The van der Waals surface area contributed by atoms with Gasteiger partial charge in [-0.15, -0.1) is 0 Å². The number of rotatable bonds is 4. The van der Waals surface area contributed by atoms with E-state index in [4.69, 9.17) is 0 Å². The summed E-state index contributed by atoms with van der Waals surface area (Å²) >= 11 is 0. The van der Waals surface area contributed by atoms with Gasteiger partial charge in [0.2, 0.25) is 11.8 Å². The van der Waals surface area contributed by atoms with Crippen LogP contribution in [0.2, 0.25) is 0 Å². The Balaban J connectivity index is 1.30. The van der Waals surface area contributed by atoms with Crippen molar-refractivity contribution in [3.05, 3.63) is 0 Å². The van der Waals surface area contributed by atoms with Crippen LogP contribution in [0.3, 0.4) is 0 Å². The van der Waals surface area contributed by atoms with Crippen LogP contribution in [-0.2, 0) is 9.59 Å². The molecule has 2 aliphatic carbocycles. The monoisotopic (exact) mass is 320 g/mol. The summed E-state index contributed by atoms with van der Waals surface area (Å²) in [6.07, 6.45) is 7.95. The van der Waals surface area contributed by atoms with Gasteiger partial charge in [0.1, 0.15) is 0 Å². The van der Waals surface area contributed by atoms with Crippen molar-refractivity contribution >= 4 is 11.8 Å². The van der Waals surface area contributed by atoms with E-state index >= 15 is 0 Å². The fourth-order valence-electron chi connectivity index (χ4n) is 4.48. The first-order chi connectivity index (χ1) is 11.0. The highest BCUT2D eigenvalue weighted by molar-refractivity contribution is 5.80. The number of amides is 2. The van der Waals surface area contributed by atoms with Gasteiger partial charge in [0.05, 0.1) is 12.0 Å². The molecule has 4 aliphatic rings. The summed E-state index contributed by atoms with van der Waals surface area (Å²) in [5.74, 6) is 1.17. The van der Waals surface area contributed by atoms with Crippen molar-refractivity contribution in [1.29, 1.82) is 0 Å². The van der Waals surface area contributed by atoms with Gasteiger partial charge in [-0.1, -0.05) is 0 Å². The van der Waals surface area contributed by atoms with Crippen LogP contribution in [0.4, 0.5) is 0 Å². The highest BCUT2D eigenvalue weighted by Gasteiger charge is 2.47. The lowest BCUT2D eigenvalue weighted by Gasteiger charge is -2.41. The first kappa shape index (κ1) is 15.4. The molecule has 0 aromatic heterocycles. The Labute approximate surface area is 138 Å². The van der Waals surface area contributed by atoms with Crippen molar-refractivity contribution in [2.24, 2.45) is 11.3 Å². The summed E-state index contributed by atoms with van der Waals surface area (Å²) in [6.45, 7) is 3.35. The topological polar surface area (TPSA) is 60.9 Å². The van der Waals surface area contributed by atoms with Gasteiger partial charge < -0.3 is 14.9 Å². The van der Waals surface area contributed by atoms with Crippen LogP contribution in [-0.4, -0.2) is 58.5 Å². The normalized spacial score (nSPS) is 29.0. The molecule has 5 heteroatoms. The third-order valence-electron chi connectivity index (χ3n) is 6.52. The van der Waals surface area contributed by atoms with Crippen molar-refractivity contribution < 1.29 is 14.7 Å². The Morgan fingerprint density at radius 3 is 2.43 bits per heavy atom. The third-order valence-corrected chi connectivity index (χ3v) is 6.52. The zero-order valence-electron chi connectivity index (χ0n) is 13.9. The van der Waals surface area contributed by atoms with E-state index in [1.54, 1.807) is 0 Å². The molecule has 0 aromatic rings. The van der Waals surface area contributed by atoms with Crippen molar-refractivity contribution in [2.45, 2.75) is 63.4 Å². The maximum Gasteiger partial charge on any atom is 0.225 e. The van der Waals surface area contributed by atoms with Crippen LogP contribution in [0.5, 0.6) is 0 Å². The molecule has 2 heterocycles. The molecular weight excluding hydrogens is 292 g/mol. The van der Waals surface area contributed by atoms with Crippen LogP contribution in [0.1, 0.15) is 57.8 Å². The van der Waals surface area contributed by atoms with Gasteiger partial charge in [0.25, 0.3) is 0 Å². The number of nitrogens with zero attached hydrogens (tertiary/aromatic N) is 2. The van der Waals surface area contributed by atoms with Gasteiger partial charge in [-0.2, -0.15) is 0 Å². The molecule has 23 heavy (non-hydrogen) atoms. The molecule has 128 valence electrons. The van der Waals surface area contributed by atoms with E-state index < -0.39 is 5.60 Å². The molecule has 4 rings (SSSR count). The fraction of sp³-hybridized carbons (Fsp3) is 0.889. The van der Waals surface area contributed by atoms with Gasteiger partial charge in [0, 0.05) is 38.0 Å². The highest BCUT2D eigenvalue weighted by atomic mass is 16.3. The molecule has 4 fully saturated rings. The summed E-state index contributed by atoms with van der Waals surface area (Å²) in [7, 11) is 0. The molecule has 1 spiro atoms. The SMILES string of the molecule is O=C(CC1(O)CCC1)N1CCC2(CC1)CC(=O)N(CC1CC1)C2. The summed E-state index contributed by atoms with van der Waals surface area (Å²) in [4.78, 5) is 28.6. The van der Waals surface area contributed by atoms with Crippen molar-refractivity contribution in [3.8, 4) is 0 Å². The zero-order valence-corrected chi connectivity index (χ0v) is 13.9. The van der Waals surface area contributed by atoms with Crippen LogP contribution in [0.15, 0.2) is 0 Å². The van der Waals surface area contributed by atoms with Crippen LogP contribution < -0.4 is 0 Å². The zero-order chi connectivity index (χ0) is 16.1. The van der Waals surface area contributed by atoms with Gasteiger partial charge >= 0.3 is 0 Å². The third kappa shape index (κ3) is 3.12. The van der Waals surface area contributed by atoms with E-state index in [1.807, 2.05) is 4.90 Å². The average molecular weight is 320 g/mol. The maximum atomic E-state index is 12.4. The standard InChI is InChI=1S/C18H28N2O3/c21-15-10-17(13-20(15)12-14-2-3-14)6-8-19(9-7-17)16(22)11-18(23)4-1-5-18/h14,23H,1-13H2. The first-order valence-electron chi connectivity index (χ1n) is 9.25. The second-order valence-corrected chi connectivity index (χ2v) is 8.53. The number of likely N-dealkylation sites (tertiary alicyclic amines) is 2. The number of carbonyl (C=O) groups excluding carboxylic acids is 2. The van der Waals surface area contributed by atoms with Gasteiger partial charge in [-0.25, -0.2) is 0 Å². The number of carbonyl (C=O) groups is 2. The van der Waals surface area contributed by atoms with E-state index in [0.29, 0.717) is 12.3 Å². The second kappa shape index (κ2) is 5.47. The molecule has 0 atom stereocenters. The van der Waals surface area contributed by atoms with E-state index in [0.717, 1.165) is 64.2 Å².